The Labute approximate surface area is 242 Å². The maximum absolute atomic E-state index is 12.3. The summed E-state index contributed by atoms with van der Waals surface area (Å²) in [4.78, 5) is 36.4. The lowest BCUT2D eigenvalue weighted by molar-refractivity contribution is -0.147. The number of hydrogen-bond donors (Lipinski definition) is 2. The van der Waals surface area contributed by atoms with Crippen LogP contribution in [-0.4, -0.2) is 24.4 Å². The highest BCUT2D eigenvalue weighted by Gasteiger charge is 2.14. The molecule has 0 aliphatic carbocycles. The number of rotatable bonds is 10. The van der Waals surface area contributed by atoms with Crippen LogP contribution in [0.1, 0.15) is 51.2 Å². The van der Waals surface area contributed by atoms with Crippen LogP contribution in [0.2, 0.25) is 5.02 Å². The van der Waals surface area contributed by atoms with E-state index >= 15 is 0 Å². The molecule has 0 aliphatic rings. The van der Waals surface area contributed by atoms with Crippen LogP contribution in [0, 0.1) is 6.92 Å². The van der Waals surface area contributed by atoms with Crippen molar-refractivity contribution in [3.8, 4) is 11.5 Å². The fourth-order valence-corrected chi connectivity index (χ4v) is 4.19. The summed E-state index contributed by atoms with van der Waals surface area (Å²) in [5.41, 5.74) is 3.27. The Kier molecular flexibility index (Phi) is 10.5. The van der Waals surface area contributed by atoms with Crippen LogP contribution in [0.25, 0.3) is 0 Å². The zero-order valence-electron chi connectivity index (χ0n) is 22.4. The normalized spacial score (nSPS) is 11.0. The third-order valence-electron chi connectivity index (χ3n) is 5.78. The van der Waals surface area contributed by atoms with E-state index in [9.17, 15) is 14.4 Å². The molecule has 3 rings (SSSR count). The van der Waals surface area contributed by atoms with Crippen LogP contribution in [0.4, 0.5) is 11.4 Å². The minimum absolute atomic E-state index is 0.0185. The lowest BCUT2D eigenvalue weighted by Gasteiger charge is -2.19. The number of anilines is 2. The smallest absolute Gasteiger partial charge is 0.306 e. The van der Waals surface area contributed by atoms with Gasteiger partial charge in [-0.25, -0.2) is 0 Å². The Morgan fingerprint density at radius 3 is 2.10 bits per heavy atom. The molecule has 0 saturated heterocycles. The van der Waals surface area contributed by atoms with Gasteiger partial charge in [0.1, 0.15) is 11.5 Å². The number of esters is 1. The van der Waals surface area contributed by atoms with E-state index in [0.29, 0.717) is 28.6 Å². The van der Waals surface area contributed by atoms with Gasteiger partial charge in [0.15, 0.2) is 6.61 Å². The molecule has 2 N–H and O–H groups in total. The molecule has 0 heterocycles. The maximum Gasteiger partial charge on any atom is 0.306 e. The molecule has 3 aromatic carbocycles. The third-order valence-corrected chi connectivity index (χ3v) is 6.98. The molecule has 0 fully saturated rings. The second-order valence-corrected chi connectivity index (χ2v) is 11.4. The van der Waals surface area contributed by atoms with Gasteiger partial charge < -0.3 is 20.1 Å². The molecule has 9 heteroatoms. The number of halogens is 2. The lowest BCUT2D eigenvalue weighted by Crippen LogP contribution is -2.21. The van der Waals surface area contributed by atoms with Gasteiger partial charge in [-0.15, -0.1) is 0 Å². The summed E-state index contributed by atoms with van der Waals surface area (Å²) >= 11 is 9.38. The molecule has 0 aliphatic heterocycles. The minimum atomic E-state index is -0.555. The molecule has 0 saturated carbocycles. The molecular weight excluding hydrogens is 584 g/mol. The summed E-state index contributed by atoms with van der Waals surface area (Å²) in [7, 11) is 0. The zero-order valence-corrected chi connectivity index (χ0v) is 24.7. The second kappa shape index (κ2) is 13.6. The molecule has 7 nitrogen and oxygen atoms in total. The van der Waals surface area contributed by atoms with Crippen molar-refractivity contribution in [2.24, 2.45) is 0 Å². The van der Waals surface area contributed by atoms with E-state index in [0.717, 1.165) is 15.8 Å². The van der Waals surface area contributed by atoms with Crippen molar-refractivity contribution in [3.05, 3.63) is 81.3 Å². The minimum Gasteiger partial charge on any atom is -0.457 e. The first-order valence-electron chi connectivity index (χ1n) is 12.5. The average Bonchev–Trinajstić information content (AvgIpc) is 2.87. The molecular formula is C30H32BrClN2O5. The van der Waals surface area contributed by atoms with E-state index in [1.54, 1.807) is 36.4 Å². The summed E-state index contributed by atoms with van der Waals surface area (Å²) < 4.78 is 11.6. The maximum atomic E-state index is 12.3. The first-order chi connectivity index (χ1) is 18.4. The van der Waals surface area contributed by atoms with Crippen molar-refractivity contribution < 1.29 is 23.9 Å². The molecule has 0 spiro atoms. The van der Waals surface area contributed by atoms with E-state index in [1.807, 2.05) is 19.1 Å². The predicted octanol–water partition coefficient (Wildman–Crippen LogP) is 7.79. The zero-order chi connectivity index (χ0) is 28.6. The van der Waals surface area contributed by atoms with E-state index in [1.165, 1.54) is 5.56 Å². The summed E-state index contributed by atoms with van der Waals surface area (Å²) in [6.07, 6.45) is 0.445. The van der Waals surface area contributed by atoms with Gasteiger partial charge in [0.25, 0.3) is 5.91 Å². The second-order valence-electron chi connectivity index (χ2n) is 10.1. The van der Waals surface area contributed by atoms with Crippen LogP contribution < -0.4 is 15.4 Å². The van der Waals surface area contributed by atoms with E-state index < -0.39 is 18.5 Å². The number of ether oxygens (including phenoxy) is 2. The summed E-state index contributed by atoms with van der Waals surface area (Å²) in [5, 5.41) is 5.92. The Balaban J connectivity index is 1.35. The Morgan fingerprint density at radius 1 is 0.872 bits per heavy atom. The quantitative estimate of drug-likeness (QED) is 0.227. The van der Waals surface area contributed by atoms with Crippen LogP contribution in [0.3, 0.4) is 0 Å². The van der Waals surface area contributed by atoms with Gasteiger partial charge in [-0.3, -0.25) is 14.4 Å². The predicted molar refractivity (Wildman–Crippen MR) is 158 cm³/mol. The molecule has 2 amide bonds. The first kappa shape index (κ1) is 30.2. The Bertz CT molecular complexity index is 1320. The fourth-order valence-electron chi connectivity index (χ4n) is 3.57. The fraction of sp³-hybridized carbons (Fsp3) is 0.300. The molecule has 3 aromatic rings. The Hall–Kier alpha value is -3.36. The number of hydrogen-bond acceptors (Lipinski definition) is 5. The number of carbonyl (C=O) groups excluding carboxylic acids is 3. The molecule has 206 valence electrons. The monoisotopic (exact) mass is 614 g/mol. The van der Waals surface area contributed by atoms with Crippen molar-refractivity contribution in [2.75, 3.05) is 17.2 Å². The number of nitrogens with one attached hydrogen (secondary N) is 2. The molecule has 0 unspecified atom stereocenters. The number of aryl methyl sites for hydroxylation is 1. The van der Waals surface area contributed by atoms with Crippen molar-refractivity contribution in [1.29, 1.82) is 0 Å². The molecule has 39 heavy (non-hydrogen) atoms. The Morgan fingerprint density at radius 2 is 1.49 bits per heavy atom. The van der Waals surface area contributed by atoms with E-state index in [2.05, 4.69) is 59.5 Å². The third kappa shape index (κ3) is 9.71. The van der Waals surface area contributed by atoms with Crippen LogP contribution in [0.5, 0.6) is 11.5 Å². The van der Waals surface area contributed by atoms with Crippen molar-refractivity contribution >= 4 is 56.7 Å². The number of amides is 2. The van der Waals surface area contributed by atoms with Crippen LogP contribution in [0.15, 0.2) is 65.1 Å². The summed E-state index contributed by atoms with van der Waals surface area (Å²) in [6, 6.07) is 18.4. The van der Waals surface area contributed by atoms with Crippen LogP contribution >= 0.6 is 27.5 Å². The van der Waals surface area contributed by atoms with Gasteiger partial charge in [-0.2, -0.15) is 0 Å². The summed E-state index contributed by atoms with van der Waals surface area (Å²) in [5.74, 6) is 0.130. The van der Waals surface area contributed by atoms with Gasteiger partial charge in [-0.05, 0) is 94.3 Å². The SMILES string of the molecule is Cc1cc(Br)c(Cl)cc1NC(=O)COC(=O)CCCC(=O)Nc1ccc(Oc2ccc(C(C)(C)C)cc2)cc1. The van der Waals surface area contributed by atoms with Crippen LogP contribution in [-0.2, 0) is 24.5 Å². The van der Waals surface area contributed by atoms with Gasteiger partial charge in [-0.1, -0.05) is 44.5 Å². The average molecular weight is 616 g/mol. The standard InChI is InChI=1S/C30H32BrClN2O5/c1-19-16-24(31)25(32)17-26(19)34-28(36)18-38-29(37)7-5-6-27(35)33-21-10-14-23(15-11-21)39-22-12-8-20(9-13-22)30(2,3)4/h8-17H,5-7,18H2,1-4H3,(H,33,35)(H,34,36). The van der Waals surface area contributed by atoms with Gasteiger partial charge in [0.2, 0.25) is 5.91 Å². The molecule has 0 bridgehead atoms. The van der Waals surface area contributed by atoms with Gasteiger partial charge in [0, 0.05) is 28.7 Å². The highest BCUT2D eigenvalue weighted by molar-refractivity contribution is 9.10. The van der Waals surface area contributed by atoms with E-state index in [4.69, 9.17) is 21.1 Å². The summed E-state index contributed by atoms with van der Waals surface area (Å²) in [6.45, 7) is 7.88. The first-order valence-corrected chi connectivity index (χ1v) is 13.7. The molecule has 0 radical (unpaired) electrons. The highest BCUT2D eigenvalue weighted by atomic mass is 79.9. The number of carbonyl (C=O) groups is 3. The molecule has 0 atom stereocenters. The van der Waals surface area contributed by atoms with Crippen molar-refractivity contribution in [3.63, 3.8) is 0 Å². The van der Waals surface area contributed by atoms with E-state index in [-0.39, 0.29) is 24.2 Å². The van der Waals surface area contributed by atoms with Gasteiger partial charge >= 0.3 is 5.97 Å². The lowest BCUT2D eigenvalue weighted by atomic mass is 9.87. The van der Waals surface area contributed by atoms with Gasteiger partial charge in [0.05, 0.1) is 5.02 Å². The highest BCUT2D eigenvalue weighted by Crippen LogP contribution is 2.29. The molecule has 0 aromatic heterocycles. The number of benzene rings is 3. The van der Waals surface area contributed by atoms with Crippen molar-refractivity contribution in [1.82, 2.24) is 0 Å². The largest absolute Gasteiger partial charge is 0.457 e. The van der Waals surface area contributed by atoms with Crippen molar-refractivity contribution in [2.45, 2.75) is 52.4 Å². The topological polar surface area (TPSA) is 93.7 Å².